The summed E-state index contributed by atoms with van der Waals surface area (Å²) in [6.45, 7) is 0.574. The Morgan fingerprint density at radius 3 is 2.79 bits per heavy atom. The van der Waals surface area contributed by atoms with Gasteiger partial charge in [0.25, 0.3) is 5.91 Å². The zero-order valence-corrected chi connectivity index (χ0v) is 13.7. The second-order valence-electron chi connectivity index (χ2n) is 5.94. The number of thioether (sulfide) groups is 1. The quantitative estimate of drug-likeness (QED) is 0.819. The van der Waals surface area contributed by atoms with Crippen molar-refractivity contribution in [2.45, 2.75) is 25.0 Å². The maximum atomic E-state index is 12.7. The smallest absolute Gasteiger partial charge is 0.322 e. The third kappa shape index (κ3) is 2.54. The highest BCUT2D eigenvalue weighted by Gasteiger charge is 2.53. The molecule has 0 aliphatic carbocycles. The highest BCUT2D eigenvalue weighted by atomic mass is 32.2. The lowest BCUT2D eigenvalue weighted by Crippen LogP contribution is -2.47. The molecule has 0 unspecified atom stereocenters. The topological polar surface area (TPSA) is 93.0 Å². The third-order valence-corrected chi connectivity index (χ3v) is 5.54. The van der Waals surface area contributed by atoms with E-state index >= 15 is 0 Å². The molecule has 1 aromatic heterocycles. The lowest BCUT2D eigenvalue weighted by atomic mass is 9.99. The summed E-state index contributed by atoms with van der Waals surface area (Å²) in [4.78, 5) is 26.2. The van der Waals surface area contributed by atoms with Crippen molar-refractivity contribution < 1.29 is 9.59 Å². The van der Waals surface area contributed by atoms with Crippen LogP contribution in [-0.2, 0) is 17.9 Å². The fraction of sp³-hybridized carbons (Fsp3) is 0.400. The van der Waals surface area contributed by atoms with Crippen molar-refractivity contribution >= 4 is 23.7 Å². The van der Waals surface area contributed by atoms with Gasteiger partial charge in [0.15, 0.2) is 5.82 Å². The number of carbonyl (C=O) groups is 2. The van der Waals surface area contributed by atoms with Crippen molar-refractivity contribution in [2.75, 3.05) is 11.5 Å². The van der Waals surface area contributed by atoms with E-state index < -0.39 is 5.54 Å². The van der Waals surface area contributed by atoms with Gasteiger partial charge >= 0.3 is 6.03 Å². The molecule has 3 amide bonds. The number of rotatable bonds is 4. The molecule has 4 rings (SSSR count). The number of benzene rings is 1. The number of amides is 3. The monoisotopic (exact) mass is 344 g/mol. The van der Waals surface area contributed by atoms with Crippen LogP contribution in [0.5, 0.6) is 0 Å². The van der Waals surface area contributed by atoms with E-state index in [2.05, 4.69) is 20.8 Å². The predicted molar refractivity (Wildman–Crippen MR) is 87.1 cm³/mol. The van der Waals surface area contributed by atoms with E-state index in [1.807, 2.05) is 30.3 Å². The first-order chi connectivity index (χ1) is 11.7. The van der Waals surface area contributed by atoms with Crippen molar-refractivity contribution in [3.63, 3.8) is 0 Å². The van der Waals surface area contributed by atoms with Crippen molar-refractivity contribution in [1.29, 1.82) is 0 Å². The van der Waals surface area contributed by atoms with E-state index in [1.54, 1.807) is 16.4 Å². The van der Waals surface area contributed by atoms with Gasteiger partial charge in [0.2, 0.25) is 0 Å². The van der Waals surface area contributed by atoms with E-state index in [4.69, 9.17) is 0 Å². The number of hydrogen-bond donors (Lipinski definition) is 1. The molecular formula is C15H16N6O2S. The van der Waals surface area contributed by atoms with Crippen LogP contribution >= 0.6 is 11.8 Å². The molecule has 2 saturated heterocycles. The van der Waals surface area contributed by atoms with E-state index in [1.165, 1.54) is 4.90 Å². The van der Waals surface area contributed by atoms with Crippen molar-refractivity contribution in [3.8, 4) is 0 Å². The molecule has 1 aromatic carbocycles. The molecule has 2 aliphatic heterocycles. The molecule has 2 aliphatic rings. The van der Waals surface area contributed by atoms with Crippen molar-refractivity contribution in [1.82, 2.24) is 30.4 Å². The Labute approximate surface area is 142 Å². The highest BCUT2D eigenvalue weighted by Crippen LogP contribution is 2.33. The summed E-state index contributed by atoms with van der Waals surface area (Å²) in [5.74, 6) is 1.83. The molecule has 3 heterocycles. The van der Waals surface area contributed by atoms with E-state index in [9.17, 15) is 9.59 Å². The summed E-state index contributed by atoms with van der Waals surface area (Å²) in [6.07, 6.45) is 0.674. The number of hydrogen-bond acceptors (Lipinski definition) is 6. The molecule has 1 atom stereocenters. The Morgan fingerprint density at radius 2 is 2.04 bits per heavy atom. The summed E-state index contributed by atoms with van der Waals surface area (Å²) >= 11 is 1.68. The summed E-state index contributed by atoms with van der Waals surface area (Å²) in [5.41, 5.74) is 0.311. The minimum absolute atomic E-state index is 0.0803. The summed E-state index contributed by atoms with van der Waals surface area (Å²) in [5, 5.41) is 14.5. The molecule has 2 fully saturated rings. The van der Waals surface area contributed by atoms with Crippen LogP contribution in [0.3, 0.4) is 0 Å². The van der Waals surface area contributed by atoms with Gasteiger partial charge in [0.05, 0.1) is 13.1 Å². The first-order valence-electron chi connectivity index (χ1n) is 7.69. The maximum absolute atomic E-state index is 12.7. The second-order valence-corrected chi connectivity index (χ2v) is 7.05. The molecule has 1 spiro atoms. The second kappa shape index (κ2) is 5.90. The zero-order valence-electron chi connectivity index (χ0n) is 12.9. The molecule has 2 aromatic rings. The lowest BCUT2D eigenvalue weighted by Gasteiger charge is -2.19. The molecular weight excluding hydrogens is 328 g/mol. The van der Waals surface area contributed by atoms with Crippen LogP contribution in [0.1, 0.15) is 17.8 Å². The lowest BCUT2D eigenvalue weighted by molar-refractivity contribution is -0.131. The maximum Gasteiger partial charge on any atom is 0.325 e. The van der Waals surface area contributed by atoms with Gasteiger partial charge in [0.1, 0.15) is 5.54 Å². The standard InChI is InChI=1S/C15H16N6O2S/c22-13-15(6-7-24-10-15)16-14(23)20(13)9-12-17-18-19-21(12)8-11-4-2-1-3-5-11/h1-5H,6-10H2,(H,16,23)/t15-/m0/s1. The van der Waals surface area contributed by atoms with Gasteiger partial charge in [-0.25, -0.2) is 9.48 Å². The van der Waals surface area contributed by atoms with Gasteiger partial charge in [-0.1, -0.05) is 30.3 Å². The van der Waals surface area contributed by atoms with Gasteiger partial charge in [-0.2, -0.15) is 11.8 Å². The third-order valence-electron chi connectivity index (χ3n) is 4.35. The minimum Gasteiger partial charge on any atom is -0.322 e. The number of aromatic nitrogens is 4. The fourth-order valence-electron chi connectivity index (χ4n) is 3.01. The Morgan fingerprint density at radius 1 is 1.21 bits per heavy atom. The normalized spacial score (nSPS) is 23.2. The number of carbonyl (C=O) groups excluding carboxylic acids is 2. The predicted octanol–water partition coefficient (Wildman–Crippen LogP) is 0.649. The van der Waals surface area contributed by atoms with Crippen LogP contribution in [0.15, 0.2) is 30.3 Å². The summed E-state index contributed by atoms with van der Waals surface area (Å²) in [7, 11) is 0. The molecule has 8 nitrogen and oxygen atoms in total. The Bertz CT molecular complexity index is 771. The number of nitrogens with one attached hydrogen (secondary N) is 1. The van der Waals surface area contributed by atoms with Crippen LogP contribution in [0.4, 0.5) is 4.79 Å². The first kappa shape index (κ1) is 15.1. The molecule has 0 saturated carbocycles. The minimum atomic E-state index is -0.737. The van der Waals surface area contributed by atoms with Gasteiger partial charge in [-0.3, -0.25) is 9.69 Å². The van der Waals surface area contributed by atoms with E-state index in [0.717, 1.165) is 11.3 Å². The fourth-order valence-corrected chi connectivity index (χ4v) is 4.33. The van der Waals surface area contributed by atoms with E-state index in [0.29, 0.717) is 24.5 Å². The molecule has 0 bridgehead atoms. The zero-order chi connectivity index (χ0) is 16.6. The molecule has 9 heteroatoms. The molecule has 1 N–H and O–H groups in total. The Kier molecular flexibility index (Phi) is 3.72. The highest BCUT2D eigenvalue weighted by molar-refractivity contribution is 7.99. The molecule has 124 valence electrons. The van der Waals surface area contributed by atoms with Gasteiger partial charge in [0, 0.05) is 5.75 Å². The number of imide groups is 1. The van der Waals surface area contributed by atoms with Gasteiger partial charge in [-0.15, -0.1) is 5.10 Å². The van der Waals surface area contributed by atoms with Crippen LogP contribution in [0, 0.1) is 0 Å². The molecule has 24 heavy (non-hydrogen) atoms. The van der Waals surface area contributed by atoms with Gasteiger partial charge in [-0.05, 0) is 28.2 Å². The van der Waals surface area contributed by atoms with Crippen LogP contribution < -0.4 is 5.32 Å². The number of tetrazole rings is 1. The average molecular weight is 344 g/mol. The first-order valence-corrected chi connectivity index (χ1v) is 8.84. The Balaban J connectivity index is 1.53. The molecule has 0 radical (unpaired) electrons. The van der Waals surface area contributed by atoms with Crippen molar-refractivity contribution in [3.05, 3.63) is 41.7 Å². The SMILES string of the molecule is O=C1N[C@]2(CCSC2)C(=O)N1Cc1nnnn1Cc1ccccc1. The number of nitrogens with zero attached hydrogens (tertiary/aromatic N) is 5. The number of urea groups is 1. The largest absolute Gasteiger partial charge is 0.325 e. The average Bonchev–Trinajstić information content (AvgIpc) is 3.28. The Hall–Kier alpha value is -2.42. The summed E-state index contributed by atoms with van der Waals surface area (Å²) in [6, 6.07) is 9.41. The van der Waals surface area contributed by atoms with E-state index in [-0.39, 0.29) is 18.5 Å². The van der Waals surface area contributed by atoms with Crippen LogP contribution in [0.25, 0.3) is 0 Å². The van der Waals surface area contributed by atoms with Crippen LogP contribution in [0.2, 0.25) is 0 Å². The van der Waals surface area contributed by atoms with Crippen LogP contribution in [-0.4, -0.2) is 54.1 Å². The van der Waals surface area contributed by atoms with Gasteiger partial charge < -0.3 is 5.32 Å². The summed E-state index contributed by atoms with van der Waals surface area (Å²) < 4.78 is 1.62. The van der Waals surface area contributed by atoms with Crippen molar-refractivity contribution in [2.24, 2.45) is 0 Å².